The SMILES string of the molecule is COc1ccc(C(=O)N(C)Cc2cc(Br)ccc2OC)c(OC)c1. The van der Waals surface area contributed by atoms with E-state index >= 15 is 0 Å². The van der Waals surface area contributed by atoms with Gasteiger partial charge in [0, 0.05) is 29.7 Å². The largest absolute Gasteiger partial charge is 0.497 e. The number of hydrogen-bond acceptors (Lipinski definition) is 4. The molecule has 128 valence electrons. The molecule has 0 spiro atoms. The summed E-state index contributed by atoms with van der Waals surface area (Å²) in [5.41, 5.74) is 1.39. The van der Waals surface area contributed by atoms with Crippen LogP contribution >= 0.6 is 15.9 Å². The first-order valence-corrected chi connectivity index (χ1v) is 8.09. The van der Waals surface area contributed by atoms with E-state index < -0.39 is 0 Å². The van der Waals surface area contributed by atoms with Gasteiger partial charge in [0.05, 0.1) is 26.9 Å². The number of ether oxygens (including phenoxy) is 3. The molecule has 5 nitrogen and oxygen atoms in total. The fourth-order valence-electron chi connectivity index (χ4n) is 2.38. The van der Waals surface area contributed by atoms with Crippen LogP contribution in [0.3, 0.4) is 0 Å². The lowest BCUT2D eigenvalue weighted by Crippen LogP contribution is -2.26. The van der Waals surface area contributed by atoms with Gasteiger partial charge < -0.3 is 19.1 Å². The van der Waals surface area contributed by atoms with Crippen LogP contribution in [-0.2, 0) is 6.54 Å². The fourth-order valence-corrected chi connectivity index (χ4v) is 2.79. The molecule has 0 N–H and O–H groups in total. The number of carbonyl (C=O) groups is 1. The second kappa shape index (κ2) is 8.06. The van der Waals surface area contributed by atoms with E-state index in [2.05, 4.69) is 15.9 Å². The Balaban J connectivity index is 2.26. The molecule has 2 aromatic carbocycles. The second-order valence-corrected chi connectivity index (χ2v) is 6.10. The van der Waals surface area contributed by atoms with Crippen LogP contribution in [0.15, 0.2) is 40.9 Å². The van der Waals surface area contributed by atoms with Crippen molar-refractivity contribution >= 4 is 21.8 Å². The minimum atomic E-state index is -0.142. The van der Waals surface area contributed by atoms with Crippen molar-refractivity contribution in [2.24, 2.45) is 0 Å². The second-order valence-electron chi connectivity index (χ2n) is 5.18. The Morgan fingerprint density at radius 3 is 2.33 bits per heavy atom. The zero-order valence-electron chi connectivity index (χ0n) is 14.1. The molecular weight excluding hydrogens is 374 g/mol. The van der Waals surface area contributed by atoms with Crippen LogP contribution in [0.4, 0.5) is 0 Å². The van der Waals surface area contributed by atoms with E-state index in [9.17, 15) is 4.79 Å². The van der Waals surface area contributed by atoms with Gasteiger partial charge in [0.2, 0.25) is 0 Å². The number of amides is 1. The van der Waals surface area contributed by atoms with Gasteiger partial charge in [-0.05, 0) is 30.3 Å². The molecule has 0 radical (unpaired) electrons. The van der Waals surface area contributed by atoms with Crippen molar-refractivity contribution in [1.82, 2.24) is 4.90 Å². The van der Waals surface area contributed by atoms with Crippen molar-refractivity contribution in [2.75, 3.05) is 28.4 Å². The maximum Gasteiger partial charge on any atom is 0.257 e. The Bertz CT molecular complexity index is 733. The molecule has 2 rings (SSSR count). The van der Waals surface area contributed by atoms with Crippen LogP contribution in [0, 0.1) is 0 Å². The van der Waals surface area contributed by atoms with Gasteiger partial charge in [-0.1, -0.05) is 15.9 Å². The molecular formula is C18H20BrNO4. The van der Waals surface area contributed by atoms with Crippen molar-refractivity contribution in [3.05, 3.63) is 52.0 Å². The lowest BCUT2D eigenvalue weighted by atomic mass is 10.1. The number of nitrogens with zero attached hydrogens (tertiary/aromatic N) is 1. The average molecular weight is 394 g/mol. The fraction of sp³-hybridized carbons (Fsp3) is 0.278. The van der Waals surface area contributed by atoms with Crippen molar-refractivity contribution in [2.45, 2.75) is 6.54 Å². The highest BCUT2D eigenvalue weighted by molar-refractivity contribution is 9.10. The summed E-state index contributed by atoms with van der Waals surface area (Å²) >= 11 is 3.44. The molecule has 0 aliphatic carbocycles. The molecule has 24 heavy (non-hydrogen) atoms. The number of benzene rings is 2. The van der Waals surface area contributed by atoms with Crippen molar-refractivity contribution < 1.29 is 19.0 Å². The summed E-state index contributed by atoms with van der Waals surface area (Å²) in [7, 11) is 6.46. The van der Waals surface area contributed by atoms with Crippen molar-refractivity contribution in [3.8, 4) is 17.2 Å². The van der Waals surface area contributed by atoms with Gasteiger partial charge in [0.1, 0.15) is 17.2 Å². The third-order valence-electron chi connectivity index (χ3n) is 3.64. The Morgan fingerprint density at radius 1 is 1.00 bits per heavy atom. The van der Waals surface area contributed by atoms with Gasteiger partial charge in [0.25, 0.3) is 5.91 Å². The highest BCUT2D eigenvalue weighted by Gasteiger charge is 2.19. The van der Waals surface area contributed by atoms with Crippen LogP contribution in [0.1, 0.15) is 15.9 Å². The molecule has 6 heteroatoms. The molecule has 0 unspecified atom stereocenters. The lowest BCUT2D eigenvalue weighted by Gasteiger charge is -2.20. The summed E-state index contributed by atoms with van der Waals surface area (Å²) in [6, 6.07) is 10.8. The molecule has 1 amide bonds. The number of methoxy groups -OCH3 is 3. The summed E-state index contributed by atoms with van der Waals surface area (Å²) in [5.74, 6) is 1.71. The molecule has 2 aromatic rings. The van der Waals surface area contributed by atoms with Crippen LogP contribution < -0.4 is 14.2 Å². The maximum absolute atomic E-state index is 12.8. The highest BCUT2D eigenvalue weighted by Crippen LogP contribution is 2.28. The Labute approximate surface area is 150 Å². The van der Waals surface area contributed by atoms with E-state index in [1.54, 1.807) is 44.4 Å². The van der Waals surface area contributed by atoms with Crippen LogP contribution in [0.2, 0.25) is 0 Å². The number of halogens is 1. The zero-order chi connectivity index (χ0) is 17.7. The van der Waals surface area contributed by atoms with E-state index in [-0.39, 0.29) is 5.91 Å². The van der Waals surface area contributed by atoms with Gasteiger partial charge in [0.15, 0.2) is 0 Å². The Morgan fingerprint density at radius 2 is 1.71 bits per heavy atom. The van der Waals surface area contributed by atoms with E-state index in [0.29, 0.717) is 23.6 Å². The standard InChI is InChI=1S/C18H20BrNO4/c1-20(11-12-9-13(19)5-8-16(12)23-3)18(21)15-7-6-14(22-2)10-17(15)24-4/h5-10H,11H2,1-4H3. The lowest BCUT2D eigenvalue weighted by molar-refractivity contribution is 0.0780. The third kappa shape index (κ3) is 4.00. The molecule has 0 atom stereocenters. The quantitative estimate of drug-likeness (QED) is 0.749. The zero-order valence-corrected chi connectivity index (χ0v) is 15.7. The van der Waals surface area contributed by atoms with Gasteiger partial charge in [-0.15, -0.1) is 0 Å². The molecule has 0 fully saturated rings. The Kier molecular flexibility index (Phi) is 6.09. The molecule has 0 bridgehead atoms. The average Bonchev–Trinajstić information content (AvgIpc) is 2.60. The predicted octanol–water partition coefficient (Wildman–Crippen LogP) is 3.75. The van der Waals surface area contributed by atoms with Gasteiger partial charge in [-0.3, -0.25) is 4.79 Å². The summed E-state index contributed by atoms with van der Waals surface area (Å²) in [6.07, 6.45) is 0. The molecule has 0 saturated heterocycles. The van der Waals surface area contributed by atoms with E-state index in [1.165, 1.54) is 7.11 Å². The topological polar surface area (TPSA) is 48.0 Å². The summed E-state index contributed by atoms with van der Waals surface area (Å²) in [5, 5.41) is 0. The molecule has 0 saturated carbocycles. The van der Waals surface area contributed by atoms with E-state index in [0.717, 1.165) is 15.8 Å². The monoisotopic (exact) mass is 393 g/mol. The first kappa shape index (κ1) is 18.1. The van der Waals surface area contributed by atoms with Crippen molar-refractivity contribution in [3.63, 3.8) is 0 Å². The minimum absolute atomic E-state index is 0.142. The summed E-state index contributed by atoms with van der Waals surface area (Å²) < 4.78 is 16.8. The predicted molar refractivity (Wildman–Crippen MR) is 96.0 cm³/mol. The van der Waals surface area contributed by atoms with E-state index in [4.69, 9.17) is 14.2 Å². The first-order chi connectivity index (χ1) is 11.5. The molecule has 0 heterocycles. The van der Waals surface area contributed by atoms with Crippen LogP contribution in [0.25, 0.3) is 0 Å². The highest BCUT2D eigenvalue weighted by atomic mass is 79.9. The number of hydrogen-bond donors (Lipinski definition) is 0. The van der Waals surface area contributed by atoms with Gasteiger partial charge in [-0.25, -0.2) is 0 Å². The third-order valence-corrected chi connectivity index (χ3v) is 4.13. The van der Waals surface area contributed by atoms with Gasteiger partial charge in [-0.2, -0.15) is 0 Å². The minimum Gasteiger partial charge on any atom is -0.497 e. The van der Waals surface area contributed by atoms with E-state index in [1.807, 2.05) is 18.2 Å². The molecule has 0 aliphatic rings. The van der Waals surface area contributed by atoms with Gasteiger partial charge >= 0.3 is 0 Å². The first-order valence-electron chi connectivity index (χ1n) is 7.30. The Hall–Kier alpha value is -2.21. The maximum atomic E-state index is 12.8. The molecule has 0 aliphatic heterocycles. The summed E-state index contributed by atoms with van der Waals surface area (Å²) in [4.78, 5) is 14.4. The summed E-state index contributed by atoms with van der Waals surface area (Å²) in [6.45, 7) is 0.413. The smallest absolute Gasteiger partial charge is 0.257 e. The number of rotatable bonds is 6. The normalized spacial score (nSPS) is 10.2. The molecule has 0 aromatic heterocycles. The van der Waals surface area contributed by atoms with Crippen LogP contribution in [-0.4, -0.2) is 39.2 Å². The van der Waals surface area contributed by atoms with Crippen molar-refractivity contribution in [1.29, 1.82) is 0 Å². The van der Waals surface area contributed by atoms with Crippen LogP contribution in [0.5, 0.6) is 17.2 Å². The number of carbonyl (C=O) groups excluding carboxylic acids is 1.